The number of hydrogen-bond acceptors (Lipinski definition) is 5. The second-order valence-electron chi connectivity index (χ2n) is 6.07. The topological polar surface area (TPSA) is 59.0 Å². The minimum atomic E-state index is -3.09. The van der Waals surface area contributed by atoms with E-state index in [4.69, 9.17) is 0 Å². The van der Waals surface area contributed by atoms with Gasteiger partial charge < -0.3 is 5.32 Å². The van der Waals surface area contributed by atoms with Crippen LogP contribution in [-0.4, -0.2) is 33.5 Å². The lowest BCUT2D eigenvalue weighted by atomic mass is 10.1. The summed E-state index contributed by atoms with van der Waals surface area (Å²) >= 11 is 0. The summed E-state index contributed by atoms with van der Waals surface area (Å²) in [4.78, 5) is 0. The Labute approximate surface area is 145 Å². The fourth-order valence-electron chi connectivity index (χ4n) is 2.96. The number of hydrogen-bond donors (Lipinski definition) is 3. The van der Waals surface area contributed by atoms with E-state index in [1.54, 1.807) is 8.61 Å². The fourth-order valence-corrected chi connectivity index (χ4v) is 4.72. The standard InChI is InChI=1S/C18H25N3O2S/c1-15-8-10-17(11-9-15)21-18-7-4-3-6-16(18)14-20(24(21,22)23)13-5-12-19-2/h3-4,6-11,19,22-23H,5,12-14H2,1-2H3. The van der Waals surface area contributed by atoms with Crippen LogP contribution in [0.5, 0.6) is 0 Å². The summed E-state index contributed by atoms with van der Waals surface area (Å²) in [6, 6.07) is 15.8. The molecule has 0 fully saturated rings. The van der Waals surface area contributed by atoms with Crippen LogP contribution < -0.4 is 9.62 Å². The van der Waals surface area contributed by atoms with E-state index in [1.807, 2.05) is 56.4 Å². The smallest absolute Gasteiger partial charge is 0.0686 e. The molecule has 1 aliphatic heterocycles. The third-order valence-corrected chi connectivity index (χ3v) is 6.15. The zero-order valence-corrected chi connectivity index (χ0v) is 15.0. The molecule has 0 saturated heterocycles. The van der Waals surface area contributed by atoms with Gasteiger partial charge in [-0.15, -0.1) is 0 Å². The first-order valence-corrected chi connectivity index (χ1v) is 9.63. The minimum absolute atomic E-state index is 0.546. The third-order valence-electron chi connectivity index (χ3n) is 4.25. The van der Waals surface area contributed by atoms with E-state index in [9.17, 15) is 9.11 Å². The molecule has 24 heavy (non-hydrogen) atoms. The zero-order chi connectivity index (χ0) is 17.2. The average molecular weight is 347 g/mol. The van der Waals surface area contributed by atoms with Gasteiger partial charge in [0.05, 0.1) is 11.4 Å². The van der Waals surface area contributed by atoms with Crippen molar-refractivity contribution in [3.8, 4) is 0 Å². The van der Waals surface area contributed by atoms with Crippen LogP contribution in [0.1, 0.15) is 17.5 Å². The van der Waals surface area contributed by atoms with Gasteiger partial charge in [0.15, 0.2) is 0 Å². The fraction of sp³-hybridized carbons (Fsp3) is 0.333. The van der Waals surface area contributed by atoms with Crippen LogP contribution in [0, 0.1) is 6.92 Å². The molecule has 0 radical (unpaired) electrons. The third kappa shape index (κ3) is 3.29. The summed E-state index contributed by atoms with van der Waals surface area (Å²) in [6.45, 7) is 4.04. The summed E-state index contributed by atoms with van der Waals surface area (Å²) < 4.78 is 25.5. The molecule has 2 aromatic carbocycles. The monoisotopic (exact) mass is 347 g/mol. The van der Waals surface area contributed by atoms with E-state index >= 15 is 0 Å². The summed E-state index contributed by atoms with van der Waals surface area (Å²) in [5.74, 6) is 0. The molecule has 0 spiro atoms. The van der Waals surface area contributed by atoms with Gasteiger partial charge in [-0.2, -0.15) is 4.31 Å². The maximum absolute atomic E-state index is 11.0. The van der Waals surface area contributed by atoms with Crippen LogP contribution in [-0.2, 0) is 6.54 Å². The number of nitrogens with one attached hydrogen (secondary N) is 1. The Morgan fingerprint density at radius 2 is 1.79 bits per heavy atom. The highest BCUT2D eigenvalue weighted by atomic mass is 32.3. The van der Waals surface area contributed by atoms with Crippen molar-refractivity contribution in [2.75, 3.05) is 24.4 Å². The van der Waals surface area contributed by atoms with E-state index in [2.05, 4.69) is 11.4 Å². The number of fused-ring (bicyclic) bond motifs is 1. The van der Waals surface area contributed by atoms with Gasteiger partial charge in [-0.25, -0.2) is 4.31 Å². The maximum Gasteiger partial charge on any atom is 0.0686 e. The molecule has 0 bridgehead atoms. The number of benzene rings is 2. The molecule has 6 heteroatoms. The molecular weight excluding hydrogens is 322 g/mol. The molecule has 2 aromatic rings. The van der Waals surface area contributed by atoms with Gasteiger partial charge in [-0.1, -0.05) is 35.9 Å². The Hall–Kier alpha value is -1.57. The number of nitrogens with zero attached hydrogens (tertiary/aromatic N) is 2. The quantitative estimate of drug-likeness (QED) is 0.710. The Bertz CT molecular complexity index is 691. The first kappa shape index (κ1) is 17.3. The van der Waals surface area contributed by atoms with Gasteiger partial charge in [-0.3, -0.25) is 9.11 Å². The Balaban J connectivity index is 2.01. The van der Waals surface area contributed by atoms with Crippen molar-refractivity contribution in [3.05, 3.63) is 59.7 Å². The highest BCUT2D eigenvalue weighted by Crippen LogP contribution is 2.58. The van der Waals surface area contributed by atoms with Crippen LogP contribution in [0.2, 0.25) is 0 Å². The van der Waals surface area contributed by atoms with E-state index in [0.29, 0.717) is 13.1 Å². The molecule has 0 aliphatic carbocycles. The van der Waals surface area contributed by atoms with E-state index in [0.717, 1.165) is 35.5 Å². The van der Waals surface area contributed by atoms with Crippen LogP contribution >= 0.6 is 11.0 Å². The van der Waals surface area contributed by atoms with Crippen molar-refractivity contribution >= 4 is 22.3 Å². The first-order valence-electron chi connectivity index (χ1n) is 8.17. The zero-order valence-electron chi connectivity index (χ0n) is 14.1. The minimum Gasteiger partial charge on any atom is -0.320 e. The van der Waals surface area contributed by atoms with Crippen molar-refractivity contribution in [2.45, 2.75) is 19.9 Å². The van der Waals surface area contributed by atoms with Crippen LogP contribution in [0.3, 0.4) is 0 Å². The summed E-state index contributed by atoms with van der Waals surface area (Å²) in [5.41, 5.74) is 3.91. The molecule has 1 heterocycles. The first-order chi connectivity index (χ1) is 11.5. The van der Waals surface area contributed by atoms with Crippen molar-refractivity contribution in [1.82, 2.24) is 9.62 Å². The van der Waals surface area contributed by atoms with E-state index in [-0.39, 0.29) is 0 Å². The van der Waals surface area contributed by atoms with E-state index < -0.39 is 11.0 Å². The SMILES string of the molecule is CNCCCN1Cc2ccccc2N(c2ccc(C)cc2)S1(O)O. The van der Waals surface area contributed by atoms with Crippen LogP contribution in [0.15, 0.2) is 48.5 Å². The number of anilines is 2. The highest BCUT2D eigenvalue weighted by molar-refractivity contribution is 8.23. The molecule has 1 aliphatic rings. The molecule has 0 saturated carbocycles. The van der Waals surface area contributed by atoms with Crippen molar-refractivity contribution in [2.24, 2.45) is 0 Å². The van der Waals surface area contributed by atoms with Crippen molar-refractivity contribution in [1.29, 1.82) is 0 Å². The lowest BCUT2D eigenvalue weighted by molar-refractivity contribution is 0.331. The van der Waals surface area contributed by atoms with Crippen molar-refractivity contribution < 1.29 is 9.11 Å². The predicted octanol–water partition coefficient (Wildman–Crippen LogP) is 4.14. The van der Waals surface area contributed by atoms with Gasteiger partial charge in [0.1, 0.15) is 0 Å². The molecule has 0 atom stereocenters. The van der Waals surface area contributed by atoms with Gasteiger partial charge in [0, 0.05) is 13.1 Å². The van der Waals surface area contributed by atoms with Gasteiger partial charge in [-0.05, 0) is 61.7 Å². The van der Waals surface area contributed by atoms with Crippen molar-refractivity contribution in [3.63, 3.8) is 0 Å². The summed E-state index contributed by atoms with van der Waals surface area (Å²) in [5, 5.41) is 3.11. The molecule has 0 aromatic heterocycles. The van der Waals surface area contributed by atoms with Gasteiger partial charge in [0.25, 0.3) is 0 Å². The van der Waals surface area contributed by atoms with Gasteiger partial charge in [0.2, 0.25) is 0 Å². The number of aryl methyl sites for hydroxylation is 1. The maximum atomic E-state index is 11.0. The average Bonchev–Trinajstić information content (AvgIpc) is 2.56. The normalized spacial score (nSPS) is 18.2. The second-order valence-corrected chi connectivity index (χ2v) is 7.93. The molecule has 0 amide bonds. The molecule has 3 rings (SSSR count). The Morgan fingerprint density at radius 3 is 2.50 bits per heavy atom. The second kappa shape index (κ2) is 7.13. The Kier molecular flexibility index (Phi) is 5.12. The number of para-hydroxylation sites is 1. The molecule has 0 unspecified atom stereocenters. The predicted molar refractivity (Wildman–Crippen MR) is 102 cm³/mol. The van der Waals surface area contributed by atoms with E-state index in [1.165, 1.54) is 0 Å². The number of rotatable bonds is 5. The Morgan fingerprint density at radius 1 is 1.08 bits per heavy atom. The van der Waals surface area contributed by atoms with Gasteiger partial charge >= 0.3 is 0 Å². The van der Waals surface area contributed by atoms with Crippen LogP contribution in [0.25, 0.3) is 0 Å². The highest BCUT2D eigenvalue weighted by Gasteiger charge is 2.37. The largest absolute Gasteiger partial charge is 0.320 e. The molecule has 3 N–H and O–H groups in total. The molecule has 5 nitrogen and oxygen atoms in total. The summed E-state index contributed by atoms with van der Waals surface area (Å²) in [7, 11) is -1.18. The lowest BCUT2D eigenvalue weighted by Gasteiger charge is -2.54. The molecular formula is C18H25N3O2S. The summed E-state index contributed by atoms with van der Waals surface area (Å²) in [6.07, 6.45) is 0.857. The molecule has 130 valence electrons. The van der Waals surface area contributed by atoms with Crippen LogP contribution in [0.4, 0.5) is 11.4 Å². The lowest BCUT2D eigenvalue weighted by Crippen LogP contribution is -2.42.